The predicted octanol–water partition coefficient (Wildman–Crippen LogP) is 4.44. The van der Waals surface area contributed by atoms with Crippen LogP contribution < -0.4 is 15.0 Å². The number of aryl methyl sites for hydroxylation is 1. The Morgan fingerprint density at radius 2 is 1.76 bits per heavy atom. The van der Waals surface area contributed by atoms with E-state index < -0.39 is 40.1 Å². The van der Waals surface area contributed by atoms with E-state index in [0.29, 0.717) is 9.83 Å². The first-order valence-corrected chi connectivity index (χ1v) is 16.1. The number of hydrogen-bond donors (Lipinski definition) is 2. The van der Waals surface area contributed by atoms with Crippen molar-refractivity contribution in [1.29, 1.82) is 0 Å². The molecule has 1 amide bonds. The second-order valence-electron chi connectivity index (χ2n) is 10.2. The molecule has 1 aliphatic heterocycles. The molecule has 1 aliphatic rings. The molecule has 0 aliphatic carbocycles. The molecule has 4 aromatic rings. The third-order valence-corrected chi connectivity index (χ3v) is 10.1. The molecule has 2 N–H and O–H groups in total. The van der Waals surface area contributed by atoms with Gasteiger partial charge in [0.25, 0.3) is 0 Å². The Bertz CT molecular complexity index is 1800. The Kier molecular flexibility index (Phi) is 9.27. The molecule has 45 heavy (non-hydrogen) atoms. The summed E-state index contributed by atoms with van der Waals surface area (Å²) >= 11 is 1.16. The van der Waals surface area contributed by atoms with Crippen LogP contribution in [0, 0.1) is 0 Å². The number of pyridine rings is 1. The minimum Gasteiger partial charge on any atom is -0.478 e. The molecule has 16 heteroatoms. The first kappa shape index (κ1) is 32.1. The topological polar surface area (TPSA) is 142 Å². The number of aromatic nitrogens is 2. The van der Waals surface area contributed by atoms with E-state index in [0.717, 1.165) is 63.9 Å². The van der Waals surface area contributed by atoms with E-state index in [1.165, 1.54) is 12.4 Å². The van der Waals surface area contributed by atoms with Gasteiger partial charge in [-0.25, -0.2) is 18.2 Å². The second kappa shape index (κ2) is 13.0. The highest BCUT2D eigenvalue weighted by atomic mass is 32.2. The van der Waals surface area contributed by atoms with Gasteiger partial charge in [0, 0.05) is 38.6 Å². The molecule has 5 rings (SSSR count). The molecular formula is C29H28F3N5O6S2. The van der Waals surface area contributed by atoms with Gasteiger partial charge < -0.3 is 20.1 Å². The van der Waals surface area contributed by atoms with Crippen molar-refractivity contribution < 1.29 is 41.0 Å². The number of piperazine rings is 1. The number of nitrogens with zero attached hydrogens (tertiary/aromatic N) is 4. The van der Waals surface area contributed by atoms with Crippen LogP contribution >= 0.6 is 11.3 Å². The molecule has 2 aromatic heterocycles. The lowest BCUT2D eigenvalue weighted by Crippen LogP contribution is -2.60. The standard InChI is InChI=1S/C29H28F3N5O6S2/c1-2-3-18-4-6-19(7-5-18)14-34-26(38)23-17-36(28-35-25-22(27(39)40)15-33-16-24(25)44-28)12-13-37(23)45(41,42)21-10-8-20(9-11-21)43-29(30,31)32/h4-11,15-16,23H,2-3,12-14,17H2,1H3,(H,34,38)(H,39,40). The highest BCUT2D eigenvalue weighted by molar-refractivity contribution is 7.89. The number of sulfonamides is 1. The summed E-state index contributed by atoms with van der Waals surface area (Å²) in [5.41, 5.74) is 2.09. The first-order chi connectivity index (χ1) is 21.4. The Labute approximate surface area is 260 Å². The summed E-state index contributed by atoms with van der Waals surface area (Å²) in [6.07, 6.45) is -0.380. The van der Waals surface area contributed by atoms with Crippen molar-refractivity contribution in [2.24, 2.45) is 0 Å². The molecule has 0 saturated carbocycles. The van der Waals surface area contributed by atoms with Gasteiger partial charge in [-0.05, 0) is 41.8 Å². The summed E-state index contributed by atoms with van der Waals surface area (Å²) in [4.78, 5) is 35.1. The maximum atomic E-state index is 13.8. The number of carbonyl (C=O) groups is 2. The zero-order chi connectivity index (χ0) is 32.4. The fraction of sp³-hybridized carbons (Fsp3) is 0.310. The van der Waals surface area contributed by atoms with E-state index in [4.69, 9.17) is 0 Å². The fourth-order valence-electron chi connectivity index (χ4n) is 4.94. The fourth-order valence-corrected chi connectivity index (χ4v) is 7.51. The number of carbonyl (C=O) groups excluding carboxylic acids is 1. The quantitative estimate of drug-likeness (QED) is 0.252. The number of amides is 1. The van der Waals surface area contributed by atoms with Crippen LogP contribution in [0.25, 0.3) is 10.2 Å². The summed E-state index contributed by atoms with van der Waals surface area (Å²) in [5.74, 6) is -2.38. The van der Waals surface area contributed by atoms with Gasteiger partial charge in [0.15, 0.2) is 5.13 Å². The molecule has 1 unspecified atom stereocenters. The Hall–Kier alpha value is -4.28. The first-order valence-electron chi connectivity index (χ1n) is 13.8. The molecule has 1 fully saturated rings. The number of anilines is 1. The molecule has 0 radical (unpaired) electrons. The van der Waals surface area contributed by atoms with Crippen molar-refractivity contribution in [2.75, 3.05) is 24.5 Å². The van der Waals surface area contributed by atoms with E-state index in [2.05, 4.69) is 26.9 Å². The largest absolute Gasteiger partial charge is 0.573 e. The Morgan fingerprint density at radius 1 is 1.07 bits per heavy atom. The number of carboxylic acids is 1. The van der Waals surface area contributed by atoms with Crippen LogP contribution in [0.2, 0.25) is 0 Å². The number of rotatable bonds is 10. The van der Waals surface area contributed by atoms with Gasteiger partial charge in [0.05, 0.1) is 9.60 Å². The number of aromatic carboxylic acids is 1. The van der Waals surface area contributed by atoms with Gasteiger partial charge in [-0.3, -0.25) is 9.78 Å². The van der Waals surface area contributed by atoms with E-state index >= 15 is 0 Å². The van der Waals surface area contributed by atoms with Crippen LogP contribution in [0.3, 0.4) is 0 Å². The zero-order valence-electron chi connectivity index (χ0n) is 23.8. The number of alkyl halides is 3. The number of fused-ring (bicyclic) bond motifs is 1. The van der Waals surface area contributed by atoms with Gasteiger partial charge in [0.1, 0.15) is 22.9 Å². The van der Waals surface area contributed by atoms with Gasteiger partial charge in [-0.2, -0.15) is 4.31 Å². The lowest BCUT2D eigenvalue weighted by atomic mass is 10.1. The van der Waals surface area contributed by atoms with Crippen molar-refractivity contribution in [3.8, 4) is 5.75 Å². The highest BCUT2D eigenvalue weighted by Gasteiger charge is 2.41. The van der Waals surface area contributed by atoms with Gasteiger partial charge in [-0.1, -0.05) is 48.9 Å². The number of ether oxygens (including phenoxy) is 1. The number of hydrogen-bond acceptors (Lipinski definition) is 9. The average Bonchev–Trinajstić information content (AvgIpc) is 3.44. The van der Waals surface area contributed by atoms with Crippen molar-refractivity contribution in [3.05, 3.63) is 77.6 Å². The summed E-state index contributed by atoms with van der Waals surface area (Å²) in [5, 5.41) is 12.7. The van der Waals surface area contributed by atoms with Crippen LogP contribution in [0.4, 0.5) is 18.3 Å². The summed E-state index contributed by atoms with van der Waals surface area (Å²) in [7, 11) is -4.36. The van der Waals surface area contributed by atoms with Crippen LogP contribution in [0.5, 0.6) is 5.75 Å². The molecular weight excluding hydrogens is 635 g/mol. The lowest BCUT2D eigenvalue weighted by molar-refractivity contribution is -0.274. The van der Waals surface area contributed by atoms with Crippen LogP contribution in [0.15, 0.2) is 65.8 Å². The van der Waals surface area contributed by atoms with Gasteiger partial charge >= 0.3 is 12.3 Å². The van der Waals surface area contributed by atoms with E-state index in [1.54, 1.807) is 4.90 Å². The molecule has 11 nitrogen and oxygen atoms in total. The minimum absolute atomic E-state index is 0.0894. The van der Waals surface area contributed by atoms with Crippen molar-refractivity contribution >= 4 is 48.6 Å². The maximum absolute atomic E-state index is 13.8. The summed E-state index contributed by atoms with van der Waals surface area (Å²) < 4.78 is 70.8. The van der Waals surface area contributed by atoms with Crippen molar-refractivity contribution in [3.63, 3.8) is 0 Å². The van der Waals surface area contributed by atoms with Crippen LogP contribution in [-0.2, 0) is 27.8 Å². The SMILES string of the molecule is CCCc1ccc(CNC(=O)C2CN(c3nc4c(C(=O)O)cncc4s3)CCN2S(=O)(=O)c2ccc(OC(F)(F)F)cc2)cc1. The average molecular weight is 664 g/mol. The van der Waals surface area contributed by atoms with Gasteiger partial charge in [0.2, 0.25) is 15.9 Å². The number of benzene rings is 2. The van der Waals surface area contributed by atoms with Crippen LogP contribution in [-0.4, -0.2) is 71.7 Å². The number of nitrogens with one attached hydrogen (secondary N) is 1. The van der Waals surface area contributed by atoms with Crippen molar-refractivity contribution in [2.45, 2.75) is 43.6 Å². The summed E-state index contributed by atoms with van der Waals surface area (Å²) in [6, 6.07) is 10.2. The Balaban J connectivity index is 1.42. The molecule has 0 bridgehead atoms. The lowest BCUT2D eigenvalue weighted by Gasteiger charge is -2.39. The Morgan fingerprint density at radius 3 is 2.40 bits per heavy atom. The zero-order valence-corrected chi connectivity index (χ0v) is 25.5. The summed E-state index contributed by atoms with van der Waals surface area (Å²) in [6.45, 7) is 2.03. The second-order valence-corrected chi connectivity index (χ2v) is 13.1. The predicted molar refractivity (Wildman–Crippen MR) is 160 cm³/mol. The molecule has 238 valence electrons. The molecule has 2 aromatic carbocycles. The van der Waals surface area contributed by atoms with Crippen LogP contribution in [0.1, 0.15) is 34.8 Å². The third-order valence-electron chi connectivity index (χ3n) is 7.12. The van der Waals surface area contributed by atoms with E-state index in [9.17, 15) is 36.3 Å². The monoisotopic (exact) mass is 663 g/mol. The molecule has 1 saturated heterocycles. The number of halogens is 3. The number of thiazole rings is 1. The molecule has 3 heterocycles. The third kappa shape index (κ3) is 7.34. The van der Waals surface area contributed by atoms with Crippen molar-refractivity contribution in [1.82, 2.24) is 19.6 Å². The maximum Gasteiger partial charge on any atom is 0.573 e. The number of carboxylic acid groups (broad SMARTS) is 1. The normalized spacial score (nSPS) is 16.1. The highest BCUT2D eigenvalue weighted by Crippen LogP contribution is 2.33. The van der Waals surface area contributed by atoms with E-state index in [1.807, 2.05) is 24.3 Å². The van der Waals surface area contributed by atoms with Gasteiger partial charge in [-0.15, -0.1) is 13.2 Å². The van der Waals surface area contributed by atoms with E-state index in [-0.39, 0.29) is 42.2 Å². The smallest absolute Gasteiger partial charge is 0.478 e. The molecule has 1 atom stereocenters. The molecule has 0 spiro atoms. The minimum atomic E-state index is -4.95.